The molecule has 0 bridgehead atoms. The lowest BCUT2D eigenvalue weighted by molar-refractivity contribution is -0.139. The summed E-state index contributed by atoms with van der Waals surface area (Å²) in [5, 5.41) is 11.9. The number of ether oxygens (including phenoxy) is 1. The lowest BCUT2D eigenvalue weighted by Crippen LogP contribution is -2.42. The summed E-state index contributed by atoms with van der Waals surface area (Å²) in [7, 11) is 0. The second kappa shape index (κ2) is 11.2. The normalized spacial score (nSPS) is 15.2. The fraction of sp³-hybridized carbons (Fsp3) is 0.471. The van der Waals surface area contributed by atoms with E-state index >= 15 is 0 Å². The Morgan fingerprint density at radius 2 is 1.54 bits per heavy atom. The Balaban J connectivity index is 2.41. The molecule has 1 aromatic rings. The molecule has 1 saturated heterocycles. The molecule has 1 aliphatic heterocycles. The Morgan fingerprint density at radius 3 is 2.00 bits per heavy atom. The second-order valence-electron chi connectivity index (χ2n) is 6.06. The molecule has 11 heteroatoms. The van der Waals surface area contributed by atoms with Crippen LogP contribution in [-0.2, 0) is 9.53 Å². The number of benzene rings is 1. The van der Waals surface area contributed by atoms with Gasteiger partial charge in [-0.2, -0.15) is 0 Å². The van der Waals surface area contributed by atoms with Gasteiger partial charge in [0.25, 0.3) is 11.8 Å². The summed E-state index contributed by atoms with van der Waals surface area (Å²) < 4.78 is 8.02. The van der Waals surface area contributed by atoms with E-state index in [-0.39, 0.29) is 5.91 Å². The van der Waals surface area contributed by atoms with Gasteiger partial charge in [0.2, 0.25) is 0 Å². The largest absolute Gasteiger partial charge is 0.480 e. The number of carbonyl (C=O) groups excluding carboxylic acids is 2. The van der Waals surface area contributed by atoms with Gasteiger partial charge >= 0.3 is 5.97 Å². The van der Waals surface area contributed by atoms with E-state index in [1.807, 2.05) is 6.92 Å². The average Bonchev–Trinajstić information content (AvgIpc) is 2.67. The maximum atomic E-state index is 13.1. The van der Waals surface area contributed by atoms with Gasteiger partial charge < -0.3 is 20.1 Å². The molecule has 1 aliphatic rings. The zero-order valence-corrected chi connectivity index (χ0v) is 23.5. The molecule has 0 spiro atoms. The number of nitrogens with zero attached hydrogens (tertiary/aromatic N) is 1. The van der Waals surface area contributed by atoms with Crippen molar-refractivity contribution in [2.75, 3.05) is 26.3 Å². The number of amides is 2. The van der Waals surface area contributed by atoms with Crippen LogP contribution in [0, 0.1) is 14.3 Å². The third-order valence-electron chi connectivity index (χ3n) is 4.18. The van der Waals surface area contributed by atoms with E-state index in [9.17, 15) is 19.5 Å². The Morgan fingerprint density at radius 1 is 1.04 bits per heavy atom. The van der Waals surface area contributed by atoms with Gasteiger partial charge in [0.05, 0.1) is 24.3 Å². The van der Waals surface area contributed by atoms with Crippen LogP contribution in [-0.4, -0.2) is 60.1 Å². The van der Waals surface area contributed by atoms with E-state index in [1.165, 1.54) is 0 Å². The molecule has 0 unspecified atom stereocenters. The highest BCUT2D eigenvalue weighted by atomic mass is 127. The number of hydrogen-bond acceptors (Lipinski definition) is 4. The molecule has 7 nitrogen and oxygen atoms in total. The third-order valence-corrected chi connectivity index (χ3v) is 10.6. The highest BCUT2D eigenvalue weighted by Crippen LogP contribution is 2.34. The van der Waals surface area contributed by atoms with Crippen molar-refractivity contribution < 1.29 is 24.2 Å². The van der Waals surface area contributed by atoms with E-state index in [0.29, 0.717) is 64.6 Å². The van der Waals surface area contributed by atoms with Crippen molar-refractivity contribution in [1.29, 1.82) is 0 Å². The minimum absolute atomic E-state index is 0.0747. The van der Waals surface area contributed by atoms with Crippen molar-refractivity contribution in [3.63, 3.8) is 0 Å². The standard InChI is InChI=1S/C17H18I4N2O5/c1-2-3-8(17(26)27)22-15(24)9-11(18)13(20)10(14(21)12(9)19)16(25)23-4-6-28-7-5-23/h8H,2-7H2,1H3,(H,22,24)(H,26,27)/t8-/m0/s1. The average molecular weight is 838 g/mol. The van der Waals surface area contributed by atoms with Crippen LogP contribution >= 0.6 is 90.4 Å². The first kappa shape index (κ1) is 24.8. The number of halogens is 4. The van der Waals surface area contributed by atoms with E-state index in [1.54, 1.807) is 4.90 Å². The summed E-state index contributed by atoms with van der Waals surface area (Å²) in [5.74, 6) is -1.56. The molecule has 0 aliphatic carbocycles. The second-order valence-corrected chi connectivity index (χ2v) is 10.4. The summed E-state index contributed by atoms with van der Waals surface area (Å²) in [6.45, 7) is 3.98. The van der Waals surface area contributed by atoms with Crippen molar-refractivity contribution in [1.82, 2.24) is 10.2 Å². The zero-order valence-electron chi connectivity index (χ0n) is 14.9. The van der Waals surface area contributed by atoms with Gasteiger partial charge in [0.1, 0.15) is 6.04 Å². The van der Waals surface area contributed by atoms with Crippen LogP contribution in [0.15, 0.2) is 0 Å². The molecule has 28 heavy (non-hydrogen) atoms. The SMILES string of the molecule is CCC[C@H](NC(=O)c1c(I)c(I)c(C(=O)N2CCOCC2)c(I)c1I)C(=O)O. The number of carbonyl (C=O) groups is 3. The Kier molecular flexibility index (Phi) is 9.93. The number of carboxylic acid groups (broad SMARTS) is 1. The smallest absolute Gasteiger partial charge is 0.326 e. The molecule has 0 radical (unpaired) electrons. The van der Waals surface area contributed by atoms with Crippen molar-refractivity contribution in [3.05, 3.63) is 25.4 Å². The van der Waals surface area contributed by atoms with Crippen LogP contribution in [0.25, 0.3) is 0 Å². The van der Waals surface area contributed by atoms with Crippen LogP contribution in [0.2, 0.25) is 0 Å². The van der Waals surface area contributed by atoms with Gasteiger partial charge in [-0.15, -0.1) is 0 Å². The maximum Gasteiger partial charge on any atom is 0.326 e. The van der Waals surface area contributed by atoms with Crippen molar-refractivity contribution in [3.8, 4) is 0 Å². The number of carboxylic acids is 1. The van der Waals surface area contributed by atoms with Crippen molar-refractivity contribution >= 4 is 108 Å². The number of morpholine rings is 1. The van der Waals surface area contributed by atoms with Crippen LogP contribution in [0.5, 0.6) is 0 Å². The topological polar surface area (TPSA) is 95.9 Å². The van der Waals surface area contributed by atoms with Crippen LogP contribution in [0.1, 0.15) is 40.5 Å². The van der Waals surface area contributed by atoms with Crippen molar-refractivity contribution in [2.45, 2.75) is 25.8 Å². The minimum atomic E-state index is -1.05. The zero-order chi connectivity index (χ0) is 21.0. The number of aliphatic carboxylic acids is 1. The van der Waals surface area contributed by atoms with Gasteiger partial charge in [-0.1, -0.05) is 13.3 Å². The molecule has 0 saturated carbocycles. The molecule has 1 aromatic carbocycles. The predicted molar refractivity (Wildman–Crippen MR) is 138 cm³/mol. The predicted octanol–water partition coefficient (Wildman–Crippen LogP) is 3.56. The fourth-order valence-electron chi connectivity index (χ4n) is 2.72. The third kappa shape index (κ3) is 5.60. The highest BCUT2D eigenvalue weighted by molar-refractivity contribution is 14.1. The Bertz CT molecular complexity index is 767. The number of rotatable bonds is 6. The molecule has 154 valence electrons. The first-order valence-corrected chi connectivity index (χ1v) is 12.8. The molecule has 0 aromatic heterocycles. The minimum Gasteiger partial charge on any atom is -0.480 e. The molecule has 2 N–H and O–H groups in total. The molecule has 1 heterocycles. The summed E-state index contributed by atoms with van der Waals surface area (Å²) >= 11 is 8.30. The van der Waals surface area contributed by atoms with Crippen LogP contribution in [0.4, 0.5) is 0 Å². The summed E-state index contributed by atoms with van der Waals surface area (Å²) in [6, 6.07) is -0.936. The monoisotopic (exact) mass is 838 g/mol. The molecular formula is C17H18I4N2O5. The van der Waals surface area contributed by atoms with Gasteiger partial charge in [-0.3, -0.25) is 9.59 Å². The first-order valence-electron chi connectivity index (χ1n) is 8.47. The highest BCUT2D eigenvalue weighted by Gasteiger charge is 2.31. The lowest BCUT2D eigenvalue weighted by Gasteiger charge is -2.28. The van der Waals surface area contributed by atoms with Crippen LogP contribution in [0.3, 0.4) is 0 Å². The summed E-state index contributed by atoms with van der Waals surface area (Å²) in [5.41, 5.74) is 0.993. The molecule has 1 atom stereocenters. The van der Waals surface area contributed by atoms with E-state index in [4.69, 9.17) is 4.74 Å². The fourth-order valence-corrected chi connectivity index (χ4v) is 6.86. The van der Waals surface area contributed by atoms with Gasteiger partial charge in [0.15, 0.2) is 0 Å². The molecular weight excluding hydrogens is 820 g/mol. The Hall–Kier alpha value is 0.510. The van der Waals surface area contributed by atoms with Gasteiger partial charge in [-0.05, 0) is 96.8 Å². The number of nitrogens with one attached hydrogen (secondary N) is 1. The summed E-state index contributed by atoms with van der Waals surface area (Å²) in [6.07, 6.45) is 1.00. The lowest BCUT2D eigenvalue weighted by atomic mass is 10.1. The molecule has 2 rings (SSSR count). The quantitative estimate of drug-likeness (QED) is 0.338. The van der Waals surface area contributed by atoms with Gasteiger partial charge in [0, 0.05) is 27.4 Å². The van der Waals surface area contributed by atoms with Crippen LogP contribution < -0.4 is 5.32 Å². The summed E-state index contributed by atoms with van der Waals surface area (Å²) in [4.78, 5) is 39.1. The molecule has 2 amide bonds. The van der Waals surface area contributed by atoms with Crippen molar-refractivity contribution in [2.24, 2.45) is 0 Å². The van der Waals surface area contributed by atoms with E-state index in [0.717, 1.165) is 0 Å². The van der Waals surface area contributed by atoms with Gasteiger partial charge in [-0.25, -0.2) is 4.79 Å². The van der Waals surface area contributed by atoms with E-state index in [2.05, 4.69) is 95.7 Å². The number of hydrogen-bond donors (Lipinski definition) is 2. The first-order chi connectivity index (χ1) is 13.2. The maximum absolute atomic E-state index is 13.1. The van der Waals surface area contributed by atoms with E-state index < -0.39 is 17.9 Å². The molecule has 1 fully saturated rings. The Labute approximate surface area is 217 Å².